The Hall–Kier alpha value is -3.35. The Morgan fingerprint density at radius 1 is 1.17 bits per heavy atom. The van der Waals surface area contributed by atoms with Crippen LogP contribution in [-0.4, -0.2) is 25.8 Å². The number of carboxylic acid groups (broad SMARTS) is 1. The summed E-state index contributed by atoms with van der Waals surface area (Å²) < 4.78 is 29.7. The van der Waals surface area contributed by atoms with Crippen LogP contribution in [0.2, 0.25) is 0 Å². The number of benzene rings is 2. The fraction of sp³-hybridized carbons (Fsp3) is 0.261. The summed E-state index contributed by atoms with van der Waals surface area (Å²) in [6, 6.07) is 14.1. The van der Waals surface area contributed by atoms with E-state index in [1.807, 2.05) is 43.3 Å². The lowest BCUT2D eigenvalue weighted by atomic mass is 9.99. The average Bonchev–Trinajstić information content (AvgIpc) is 3.16. The highest BCUT2D eigenvalue weighted by Gasteiger charge is 2.34. The fourth-order valence-electron chi connectivity index (χ4n) is 3.07. The van der Waals surface area contributed by atoms with E-state index in [1.165, 1.54) is 11.6 Å². The number of aromatic nitrogens is 3. The minimum absolute atomic E-state index is 0.224. The average molecular weight is 411 g/mol. The van der Waals surface area contributed by atoms with E-state index in [9.17, 15) is 18.7 Å². The second kappa shape index (κ2) is 8.98. The summed E-state index contributed by atoms with van der Waals surface area (Å²) in [6.45, 7) is 3.55. The van der Waals surface area contributed by atoms with Gasteiger partial charge in [0.25, 0.3) is 0 Å². The van der Waals surface area contributed by atoms with Crippen molar-refractivity contribution in [2.45, 2.75) is 39.2 Å². The Balaban J connectivity index is 1.89. The molecular weight excluding hydrogens is 388 g/mol. The molecular formula is C23H23F2N3O2. The Kier molecular flexibility index (Phi) is 6.40. The number of halogens is 2. The van der Waals surface area contributed by atoms with E-state index in [-0.39, 0.29) is 12.0 Å². The van der Waals surface area contributed by atoms with Crippen LogP contribution in [0.15, 0.2) is 60.7 Å². The van der Waals surface area contributed by atoms with Gasteiger partial charge in [-0.2, -0.15) is 8.78 Å². The van der Waals surface area contributed by atoms with Crippen LogP contribution in [0.25, 0.3) is 11.1 Å². The van der Waals surface area contributed by atoms with Gasteiger partial charge in [-0.15, -0.1) is 5.10 Å². The zero-order chi connectivity index (χ0) is 21.7. The molecule has 0 radical (unpaired) electrons. The van der Waals surface area contributed by atoms with Gasteiger partial charge in [0.15, 0.2) is 0 Å². The van der Waals surface area contributed by atoms with Gasteiger partial charge in [-0.1, -0.05) is 61.5 Å². The van der Waals surface area contributed by atoms with Crippen LogP contribution < -0.4 is 0 Å². The molecule has 0 amide bonds. The summed E-state index contributed by atoms with van der Waals surface area (Å²) in [5, 5.41) is 13.4. The third-order valence-corrected chi connectivity index (χ3v) is 4.81. The summed E-state index contributed by atoms with van der Waals surface area (Å²) in [7, 11) is 0. The van der Waals surface area contributed by atoms with E-state index >= 15 is 0 Å². The molecule has 7 heteroatoms. The van der Waals surface area contributed by atoms with E-state index in [0.717, 1.165) is 11.1 Å². The van der Waals surface area contributed by atoms with E-state index in [4.69, 9.17) is 0 Å². The largest absolute Gasteiger partial charge is 0.478 e. The molecule has 1 heterocycles. The van der Waals surface area contributed by atoms with E-state index in [1.54, 1.807) is 24.3 Å². The summed E-state index contributed by atoms with van der Waals surface area (Å²) in [5.74, 6) is -4.05. The maximum Gasteiger partial charge on any atom is 0.336 e. The smallest absolute Gasteiger partial charge is 0.336 e. The number of hydrogen-bond acceptors (Lipinski definition) is 3. The number of alkyl halides is 2. The summed E-state index contributed by atoms with van der Waals surface area (Å²) in [5.41, 5.74) is 2.46. The highest BCUT2D eigenvalue weighted by molar-refractivity contribution is 5.95. The quantitative estimate of drug-likeness (QED) is 0.510. The molecule has 0 fully saturated rings. The van der Waals surface area contributed by atoms with Crippen molar-refractivity contribution in [3.05, 3.63) is 83.5 Å². The molecule has 2 aromatic carbocycles. The van der Waals surface area contributed by atoms with Gasteiger partial charge in [-0.25, -0.2) is 14.5 Å². The van der Waals surface area contributed by atoms with Crippen LogP contribution in [0.4, 0.5) is 8.78 Å². The second-order valence-electron chi connectivity index (χ2n) is 6.89. The van der Waals surface area contributed by atoms with Gasteiger partial charge in [0.1, 0.15) is 5.82 Å². The van der Waals surface area contributed by atoms with Gasteiger partial charge >= 0.3 is 11.9 Å². The maximum atomic E-state index is 14.1. The zero-order valence-corrected chi connectivity index (χ0v) is 16.8. The molecule has 0 unspecified atom stereocenters. The van der Waals surface area contributed by atoms with Crippen molar-refractivity contribution >= 4 is 5.97 Å². The molecule has 0 aliphatic carbocycles. The number of aromatic carboxylic acids is 1. The van der Waals surface area contributed by atoms with Crippen molar-refractivity contribution in [1.82, 2.24) is 14.8 Å². The lowest BCUT2D eigenvalue weighted by molar-refractivity contribution is -0.0177. The van der Waals surface area contributed by atoms with Crippen LogP contribution >= 0.6 is 0 Å². The fourth-order valence-corrected chi connectivity index (χ4v) is 3.07. The molecule has 156 valence electrons. The molecule has 0 aliphatic rings. The highest BCUT2D eigenvalue weighted by Crippen LogP contribution is 2.29. The van der Waals surface area contributed by atoms with Crippen LogP contribution in [0.3, 0.4) is 0 Å². The number of hydrogen-bond donors (Lipinski definition) is 1. The normalized spacial score (nSPS) is 11.9. The van der Waals surface area contributed by atoms with Gasteiger partial charge in [0.2, 0.25) is 5.82 Å². The molecule has 5 nitrogen and oxygen atoms in total. The van der Waals surface area contributed by atoms with Crippen LogP contribution in [0.1, 0.15) is 47.8 Å². The number of carboxylic acids is 1. The first-order chi connectivity index (χ1) is 14.4. The Morgan fingerprint density at radius 2 is 1.87 bits per heavy atom. The van der Waals surface area contributed by atoms with E-state index in [2.05, 4.69) is 10.1 Å². The van der Waals surface area contributed by atoms with Crippen LogP contribution in [0.5, 0.6) is 0 Å². The van der Waals surface area contributed by atoms with E-state index in [0.29, 0.717) is 24.4 Å². The highest BCUT2D eigenvalue weighted by atomic mass is 19.3. The van der Waals surface area contributed by atoms with Gasteiger partial charge in [0.05, 0.1) is 12.1 Å². The first-order valence-electron chi connectivity index (χ1n) is 9.70. The molecule has 0 bridgehead atoms. The minimum Gasteiger partial charge on any atom is -0.478 e. The molecule has 0 spiro atoms. The summed E-state index contributed by atoms with van der Waals surface area (Å²) >= 11 is 0. The zero-order valence-electron chi connectivity index (χ0n) is 16.8. The second-order valence-corrected chi connectivity index (χ2v) is 6.89. The van der Waals surface area contributed by atoms with Crippen molar-refractivity contribution in [1.29, 1.82) is 0 Å². The molecule has 30 heavy (non-hydrogen) atoms. The number of nitrogens with zero attached hydrogens (tertiary/aromatic N) is 3. The SMILES string of the molecule is CC=CCc1nc(C(F)(F)CC)nn1Cc1ccc(-c2ccccc2C(=O)O)cc1. The number of rotatable bonds is 8. The van der Waals surface area contributed by atoms with Crippen molar-refractivity contribution in [2.75, 3.05) is 0 Å². The summed E-state index contributed by atoms with van der Waals surface area (Å²) in [4.78, 5) is 15.5. The predicted octanol–water partition coefficient (Wildman–Crippen LogP) is 5.31. The summed E-state index contributed by atoms with van der Waals surface area (Å²) in [6.07, 6.45) is 3.73. The molecule has 0 saturated carbocycles. The molecule has 3 aromatic rings. The third-order valence-electron chi connectivity index (χ3n) is 4.81. The van der Waals surface area contributed by atoms with Gasteiger partial charge in [-0.05, 0) is 29.7 Å². The number of allylic oxidation sites excluding steroid dienone is 2. The van der Waals surface area contributed by atoms with Crippen molar-refractivity contribution in [2.24, 2.45) is 0 Å². The van der Waals surface area contributed by atoms with Crippen LogP contribution in [-0.2, 0) is 18.9 Å². The molecule has 1 aromatic heterocycles. The predicted molar refractivity (Wildman–Crippen MR) is 111 cm³/mol. The topological polar surface area (TPSA) is 68.0 Å². The molecule has 0 saturated heterocycles. The third kappa shape index (κ3) is 4.62. The molecule has 0 aliphatic heterocycles. The Labute approximate surface area is 173 Å². The van der Waals surface area contributed by atoms with Crippen molar-refractivity contribution in [3.8, 4) is 11.1 Å². The first-order valence-corrected chi connectivity index (χ1v) is 9.70. The van der Waals surface area contributed by atoms with E-state index < -0.39 is 17.7 Å². The molecule has 1 N–H and O–H groups in total. The Morgan fingerprint density at radius 3 is 2.50 bits per heavy atom. The lowest BCUT2D eigenvalue weighted by Crippen LogP contribution is -2.14. The molecule has 3 rings (SSSR count). The number of carbonyl (C=O) groups is 1. The lowest BCUT2D eigenvalue weighted by Gasteiger charge is -2.09. The molecule has 0 atom stereocenters. The maximum absolute atomic E-state index is 14.1. The monoisotopic (exact) mass is 411 g/mol. The van der Waals surface area contributed by atoms with Gasteiger partial charge in [-0.3, -0.25) is 0 Å². The van der Waals surface area contributed by atoms with Gasteiger partial charge < -0.3 is 5.11 Å². The van der Waals surface area contributed by atoms with Crippen molar-refractivity contribution < 1.29 is 18.7 Å². The standard InChI is InChI=1S/C23H23F2N3O2/c1-3-5-10-20-26-22(23(24,25)4-2)27-28(20)15-16-11-13-17(14-12-16)18-8-6-7-9-19(18)21(29)30/h3,5-9,11-14H,4,10,15H2,1-2H3,(H,29,30). The minimum atomic E-state index is -3.07. The van der Waals surface area contributed by atoms with Crippen LogP contribution in [0, 0.1) is 0 Å². The Bertz CT molecular complexity index is 1060. The van der Waals surface area contributed by atoms with Crippen molar-refractivity contribution in [3.63, 3.8) is 0 Å². The van der Waals surface area contributed by atoms with Gasteiger partial charge in [0, 0.05) is 12.8 Å². The first kappa shape index (κ1) is 21.4.